The molecule has 0 aromatic heterocycles. The first-order chi connectivity index (χ1) is 13.3. The van der Waals surface area contributed by atoms with Crippen LogP contribution in [0.25, 0.3) is 0 Å². The third-order valence-corrected chi connectivity index (χ3v) is 5.50. The van der Waals surface area contributed by atoms with E-state index in [1.807, 2.05) is 47.4 Å². The Labute approximate surface area is 160 Å². The van der Waals surface area contributed by atoms with E-state index >= 15 is 0 Å². The Morgan fingerprint density at radius 3 is 2.22 bits per heavy atom. The van der Waals surface area contributed by atoms with E-state index in [-0.39, 0.29) is 5.91 Å². The van der Waals surface area contributed by atoms with Gasteiger partial charge in [0.05, 0.1) is 11.3 Å². The number of benzene rings is 2. The first-order valence-electron chi connectivity index (χ1n) is 9.64. The van der Waals surface area contributed by atoms with Crippen molar-refractivity contribution in [3.8, 4) is 6.07 Å². The van der Waals surface area contributed by atoms with E-state index in [0.717, 1.165) is 48.7 Å². The lowest BCUT2D eigenvalue weighted by Crippen LogP contribution is -2.48. The zero-order valence-corrected chi connectivity index (χ0v) is 15.5. The van der Waals surface area contributed by atoms with Crippen LogP contribution in [0.15, 0.2) is 48.5 Å². The van der Waals surface area contributed by atoms with Gasteiger partial charge in [0.2, 0.25) is 0 Å². The molecule has 0 aliphatic carbocycles. The van der Waals surface area contributed by atoms with E-state index in [0.29, 0.717) is 13.1 Å². The van der Waals surface area contributed by atoms with E-state index in [9.17, 15) is 10.1 Å². The second-order valence-electron chi connectivity index (χ2n) is 7.15. The van der Waals surface area contributed by atoms with Gasteiger partial charge < -0.3 is 14.7 Å². The molecule has 1 amide bonds. The third kappa shape index (κ3) is 3.61. The molecule has 0 unspecified atom stereocenters. The summed E-state index contributed by atoms with van der Waals surface area (Å²) in [5, 5.41) is 9.45. The zero-order chi connectivity index (χ0) is 18.6. The Kier molecular flexibility index (Phi) is 4.97. The van der Waals surface area contributed by atoms with Crippen LogP contribution in [-0.2, 0) is 0 Å². The van der Waals surface area contributed by atoms with Gasteiger partial charge in [-0.2, -0.15) is 5.26 Å². The number of nitrogens with zero attached hydrogens (tertiary/aromatic N) is 4. The standard InChI is InChI=1S/C22H24N4O/c23-17-19-8-9-20(16-21(19)25-10-4-5-11-25)24-12-14-26(15-13-24)22(27)18-6-2-1-3-7-18/h1-3,6-9,16H,4-5,10-15H2. The molecular formula is C22H24N4O. The fraction of sp³-hybridized carbons (Fsp3) is 0.364. The summed E-state index contributed by atoms with van der Waals surface area (Å²) in [7, 11) is 0. The van der Waals surface area contributed by atoms with Crippen LogP contribution in [0.4, 0.5) is 11.4 Å². The second-order valence-corrected chi connectivity index (χ2v) is 7.15. The zero-order valence-electron chi connectivity index (χ0n) is 15.5. The molecule has 5 nitrogen and oxygen atoms in total. The van der Waals surface area contributed by atoms with Crippen LogP contribution in [0.1, 0.15) is 28.8 Å². The van der Waals surface area contributed by atoms with Crippen molar-refractivity contribution < 1.29 is 4.79 Å². The summed E-state index contributed by atoms with van der Waals surface area (Å²) < 4.78 is 0. The van der Waals surface area contributed by atoms with Crippen molar-refractivity contribution in [3.05, 3.63) is 59.7 Å². The minimum Gasteiger partial charge on any atom is -0.370 e. The van der Waals surface area contributed by atoms with Crippen molar-refractivity contribution in [1.82, 2.24) is 4.90 Å². The maximum atomic E-state index is 12.6. The molecule has 0 atom stereocenters. The number of rotatable bonds is 3. The molecule has 138 valence electrons. The molecule has 0 saturated carbocycles. The summed E-state index contributed by atoms with van der Waals surface area (Å²) in [5.74, 6) is 0.104. The number of carbonyl (C=O) groups is 1. The largest absolute Gasteiger partial charge is 0.370 e. The lowest BCUT2D eigenvalue weighted by Gasteiger charge is -2.36. The lowest BCUT2D eigenvalue weighted by molar-refractivity contribution is 0.0747. The molecule has 5 heteroatoms. The Bertz CT molecular complexity index is 844. The maximum absolute atomic E-state index is 12.6. The Hall–Kier alpha value is -3.00. The summed E-state index contributed by atoms with van der Waals surface area (Å²) in [5.41, 5.74) is 3.69. The number of hydrogen-bond donors (Lipinski definition) is 0. The van der Waals surface area contributed by atoms with E-state index in [4.69, 9.17) is 0 Å². The topological polar surface area (TPSA) is 50.6 Å². The average Bonchev–Trinajstić information content (AvgIpc) is 3.28. The van der Waals surface area contributed by atoms with E-state index in [2.05, 4.69) is 21.9 Å². The summed E-state index contributed by atoms with van der Waals surface area (Å²) in [4.78, 5) is 19.2. The quantitative estimate of drug-likeness (QED) is 0.844. The molecule has 2 heterocycles. The molecule has 2 aliphatic rings. The van der Waals surface area contributed by atoms with Gasteiger partial charge in [-0.05, 0) is 43.2 Å². The molecule has 0 bridgehead atoms. The molecule has 4 rings (SSSR count). The van der Waals surface area contributed by atoms with Crippen molar-refractivity contribution in [2.75, 3.05) is 49.1 Å². The Morgan fingerprint density at radius 2 is 1.56 bits per heavy atom. The molecule has 2 aromatic carbocycles. The van der Waals surface area contributed by atoms with Crippen molar-refractivity contribution in [2.45, 2.75) is 12.8 Å². The number of hydrogen-bond acceptors (Lipinski definition) is 4. The molecule has 27 heavy (non-hydrogen) atoms. The van der Waals surface area contributed by atoms with Crippen LogP contribution in [0.3, 0.4) is 0 Å². The van der Waals surface area contributed by atoms with Crippen molar-refractivity contribution >= 4 is 17.3 Å². The summed E-state index contributed by atoms with van der Waals surface area (Å²) in [6, 6.07) is 17.9. The molecule has 2 aliphatic heterocycles. The molecule has 0 spiro atoms. The van der Waals surface area contributed by atoms with Crippen LogP contribution < -0.4 is 9.80 Å². The predicted octanol–water partition coefficient (Wildman–Crippen LogP) is 3.12. The highest BCUT2D eigenvalue weighted by atomic mass is 16.2. The predicted molar refractivity (Wildman–Crippen MR) is 107 cm³/mol. The molecule has 0 radical (unpaired) electrons. The average molecular weight is 360 g/mol. The van der Waals surface area contributed by atoms with Crippen molar-refractivity contribution in [3.63, 3.8) is 0 Å². The summed E-state index contributed by atoms with van der Waals surface area (Å²) in [6.07, 6.45) is 2.38. The van der Waals surface area contributed by atoms with Crippen LogP contribution in [-0.4, -0.2) is 50.1 Å². The maximum Gasteiger partial charge on any atom is 0.253 e. The van der Waals surface area contributed by atoms with Crippen LogP contribution in [0.5, 0.6) is 0 Å². The third-order valence-electron chi connectivity index (χ3n) is 5.50. The fourth-order valence-electron chi connectivity index (χ4n) is 3.96. The number of anilines is 2. The molecule has 0 N–H and O–H groups in total. The summed E-state index contributed by atoms with van der Waals surface area (Å²) >= 11 is 0. The fourth-order valence-corrected chi connectivity index (χ4v) is 3.96. The smallest absolute Gasteiger partial charge is 0.253 e. The van der Waals surface area contributed by atoms with E-state index < -0.39 is 0 Å². The monoisotopic (exact) mass is 360 g/mol. The van der Waals surface area contributed by atoms with Gasteiger partial charge in [0.1, 0.15) is 6.07 Å². The SMILES string of the molecule is N#Cc1ccc(N2CCN(C(=O)c3ccccc3)CC2)cc1N1CCCC1. The number of carbonyl (C=O) groups excluding carboxylic acids is 1. The highest BCUT2D eigenvalue weighted by molar-refractivity contribution is 5.94. The van der Waals surface area contributed by atoms with Gasteiger partial charge in [0, 0.05) is 50.5 Å². The first kappa shape index (κ1) is 17.4. The van der Waals surface area contributed by atoms with Gasteiger partial charge in [-0.25, -0.2) is 0 Å². The van der Waals surface area contributed by atoms with Crippen LogP contribution in [0.2, 0.25) is 0 Å². The molecule has 2 saturated heterocycles. The minimum atomic E-state index is 0.104. The van der Waals surface area contributed by atoms with E-state index in [1.54, 1.807) is 0 Å². The second kappa shape index (κ2) is 7.71. The van der Waals surface area contributed by atoms with Crippen LogP contribution in [0, 0.1) is 11.3 Å². The Morgan fingerprint density at radius 1 is 0.852 bits per heavy atom. The number of piperazine rings is 1. The minimum absolute atomic E-state index is 0.104. The van der Waals surface area contributed by atoms with Gasteiger partial charge in [-0.3, -0.25) is 4.79 Å². The van der Waals surface area contributed by atoms with Crippen molar-refractivity contribution in [2.24, 2.45) is 0 Å². The Balaban J connectivity index is 1.46. The van der Waals surface area contributed by atoms with Crippen LogP contribution >= 0.6 is 0 Å². The number of amides is 1. The van der Waals surface area contributed by atoms with Gasteiger partial charge in [-0.1, -0.05) is 18.2 Å². The van der Waals surface area contributed by atoms with Gasteiger partial charge in [0.15, 0.2) is 0 Å². The molecule has 2 fully saturated rings. The normalized spacial score (nSPS) is 17.1. The van der Waals surface area contributed by atoms with E-state index in [1.165, 1.54) is 12.8 Å². The molecule has 2 aromatic rings. The summed E-state index contributed by atoms with van der Waals surface area (Å²) in [6.45, 7) is 5.10. The first-order valence-corrected chi connectivity index (χ1v) is 9.64. The lowest BCUT2D eigenvalue weighted by atomic mass is 10.1. The van der Waals surface area contributed by atoms with Crippen molar-refractivity contribution in [1.29, 1.82) is 5.26 Å². The van der Waals surface area contributed by atoms with Gasteiger partial charge >= 0.3 is 0 Å². The molecular weight excluding hydrogens is 336 g/mol. The highest BCUT2D eigenvalue weighted by Crippen LogP contribution is 2.29. The number of nitriles is 1. The van der Waals surface area contributed by atoms with Gasteiger partial charge in [-0.15, -0.1) is 0 Å². The highest BCUT2D eigenvalue weighted by Gasteiger charge is 2.23. The van der Waals surface area contributed by atoms with Gasteiger partial charge in [0.25, 0.3) is 5.91 Å².